The number of rotatable bonds is 9. The van der Waals surface area contributed by atoms with Gasteiger partial charge in [0.05, 0.1) is 13.2 Å². The Hall–Kier alpha value is -1.13. The SMILES string of the molecule is [N-]=[N+]=NCCCO[C@@H]1OC(CO)[C@@H](O[C@@H]2OC(CO)[C@H](O)C(O)C2O)C(O)C1O. The number of aliphatic hydroxyl groups is 7. The lowest BCUT2D eigenvalue weighted by molar-refractivity contribution is -0.359. The lowest BCUT2D eigenvalue weighted by Gasteiger charge is -2.45. The molecule has 0 aromatic carbocycles. The van der Waals surface area contributed by atoms with Gasteiger partial charge in [0.15, 0.2) is 12.6 Å². The summed E-state index contributed by atoms with van der Waals surface area (Å²) in [5, 5.41) is 72.4. The van der Waals surface area contributed by atoms with E-state index >= 15 is 0 Å². The average Bonchev–Trinajstić information content (AvgIpc) is 2.72. The van der Waals surface area contributed by atoms with Crippen LogP contribution in [0, 0.1) is 0 Å². The minimum absolute atomic E-state index is 0.0455. The smallest absolute Gasteiger partial charge is 0.187 e. The van der Waals surface area contributed by atoms with Crippen LogP contribution in [0.15, 0.2) is 5.11 Å². The summed E-state index contributed by atoms with van der Waals surface area (Å²) in [5.74, 6) is 0. The molecule has 2 fully saturated rings. The van der Waals surface area contributed by atoms with Gasteiger partial charge in [-0.05, 0) is 12.0 Å². The molecule has 0 aromatic rings. The van der Waals surface area contributed by atoms with Crippen LogP contribution < -0.4 is 0 Å². The molecule has 2 aliphatic heterocycles. The van der Waals surface area contributed by atoms with Crippen molar-refractivity contribution in [2.45, 2.75) is 67.8 Å². The molecule has 2 aliphatic rings. The first-order valence-electron chi connectivity index (χ1n) is 9.06. The molecule has 7 N–H and O–H groups in total. The lowest BCUT2D eigenvalue weighted by Crippen LogP contribution is -2.64. The van der Waals surface area contributed by atoms with Gasteiger partial charge in [0.2, 0.25) is 0 Å². The summed E-state index contributed by atoms with van der Waals surface area (Å²) in [6, 6.07) is 0. The Labute approximate surface area is 165 Å². The van der Waals surface area contributed by atoms with Gasteiger partial charge in [-0.1, -0.05) is 5.11 Å². The van der Waals surface area contributed by atoms with Gasteiger partial charge in [-0.2, -0.15) is 0 Å². The van der Waals surface area contributed by atoms with Gasteiger partial charge >= 0.3 is 0 Å². The molecule has 0 aromatic heterocycles. The van der Waals surface area contributed by atoms with Crippen LogP contribution in [0.1, 0.15) is 6.42 Å². The molecule has 0 aliphatic carbocycles. The van der Waals surface area contributed by atoms with Gasteiger partial charge in [0.25, 0.3) is 0 Å². The molecule has 14 heteroatoms. The van der Waals surface area contributed by atoms with Crippen molar-refractivity contribution in [1.82, 2.24) is 0 Å². The number of azide groups is 1. The van der Waals surface area contributed by atoms with E-state index in [9.17, 15) is 35.7 Å². The number of hydrogen-bond donors (Lipinski definition) is 7. The maximum atomic E-state index is 10.4. The summed E-state index contributed by atoms with van der Waals surface area (Å²) >= 11 is 0. The third-order valence-electron chi connectivity index (χ3n) is 4.71. The zero-order valence-electron chi connectivity index (χ0n) is 15.4. The first-order valence-corrected chi connectivity index (χ1v) is 9.06. The summed E-state index contributed by atoms with van der Waals surface area (Å²) in [4.78, 5) is 2.58. The topological polar surface area (TPSA) is 227 Å². The molecule has 0 amide bonds. The van der Waals surface area contributed by atoms with Crippen LogP contribution in [-0.2, 0) is 18.9 Å². The summed E-state index contributed by atoms with van der Waals surface area (Å²) in [6.07, 6.45) is -14.6. The second-order valence-corrected chi connectivity index (χ2v) is 6.68. The second kappa shape index (κ2) is 11.3. The number of aliphatic hydroxyl groups excluding tert-OH is 7. The summed E-state index contributed by atoms with van der Waals surface area (Å²) in [6.45, 7) is -1.12. The van der Waals surface area contributed by atoms with E-state index < -0.39 is 74.6 Å². The van der Waals surface area contributed by atoms with Crippen molar-refractivity contribution in [3.63, 3.8) is 0 Å². The quantitative estimate of drug-likeness (QED) is 0.0823. The number of nitrogens with zero attached hydrogens (tertiary/aromatic N) is 3. The third-order valence-corrected chi connectivity index (χ3v) is 4.71. The van der Waals surface area contributed by atoms with Crippen LogP contribution in [0.2, 0.25) is 0 Å². The molecule has 6 unspecified atom stereocenters. The Morgan fingerprint density at radius 1 is 0.828 bits per heavy atom. The Kier molecular flexibility index (Phi) is 9.42. The van der Waals surface area contributed by atoms with Gasteiger partial charge in [-0.25, -0.2) is 0 Å². The predicted molar refractivity (Wildman–Crippen MR) is 91.0 cm³/mol. The van der Waals surface area contributed by atoms with E-state index in [1.807, 2.05) is 0 Å². The van der Waals surface area contributed by atoms with E-state index in [0.29, 0.717) is 6.42 Å². The van der Waals surface area contributed by atoms with E-state index in [4.69, 9.17) is 24.5 Å². The fourth-order valence-corrected chi connectivity index (χ4v) is 3.07. The average molecular weight is 425 g/mol. The molecule has 0 spiro atoms. The maximum absolute atomic E-state index is 10.4. The lowest BCUT2D eigenvalue weighted by atomic mass is 9.97. The molecule has 2 heterocycles. The van der Waals surface area contributed by atoms with Gasteiger partial charge in [0, 0.05) is 18.1 Å². The highest BCUT2D eigenvalue weighted by atomic mass is 16.7. The molecule has 29 heavy (non-hydrogen) atoms. The Balaban J connectivity index is 2.00. The summed E-state index contributed by atoms with van der Waals surface area (Å²) < 4.78 is 21.3. The van der Waals surface area contributed by atoms with Crippen molar-refractivity contribution in [3.05, 3.63) is 10.4 Å². The van der Waals surface area contributed by atoms with Gasteiger partial charge < -0.3 is 54.7 Å². The molecule has 2 rings (SSSR count). The van der Waals surface area contributed by atoms with Crippen molar-refractivity contribution >= 4 is 0 Å². The van der Waals surface area contributed by atoms with E-state index in [1.54, 1.807) is 0 Å². The third kappa shape index (κ3) is 5.73. The maximum Gasteiger partial charge on any atom is 0.187 e. The largest absolute Gasteiger partial charge is 0.394 e. The molecule has 168 valence electrons. The molecule has 0 radical (unpaired) electrons. The van der Waals surface area contributed by atoms with Crippen molar-refractivity contribution < 1.29 is 54.7 Å². The van der Waals surface area contributed by atoms with Crippen LogP contribution >= 0.6 is 0 Å². The van der Waals surface area contributed by atoms with Crippen molar-refractivity contribution in [1.29, 1.82) is 0 Å². The fraction of sp³-hybridized carbons (Fsp3) is 1.00. The zero-order chi connectivity index (χ0) is 21.6. The normalized spacial score (nSPS) is 43.0. The first kappa shape index (κ1) is 24.1. The van der Waals surface area contributed by atoms with E-state index in [2.05, 4.69) is 10.0 Å². The molecule has 0 saturated carbocycles. The first-order chi connectivity index (χ1) is 13.8. The zero-order valence-corrected chi connectivity index (χ0v) is 15.4. The molecule has 0 bridgehead atoms. The van der Waals surface area contributed by atoms with Crippen LogP contribution in [-0.4, -0.2) is 124 Å². The predicted octanol–water partition coefficient (Wildman–Crippen LogP) is -3.67. The van der Waals surface area contributed by atoms with Gasteiger partial charge in [0.1, 0.15) is 48.8 Å². The monoisotopic (exact) mass is 425 g/mol. The van der Waals surface area contributed by atoms with Crippen LogP contribution in [0.25, 0.3) is 10.4 Å². The van der Waals surface area contributed by atoms with E-state index in [-0.39, 0.29) is 13.2 Å². The molecular weight excluding hydrogens is 398 g/mol. The molecular formula is C15H27N3O11. The van der Waals surface area contributed by atoms with Crippen molar-refractivity contribution in [2.75, 3.05) is 26.4 Å². The second-order valence-electron chi connectivity index (χ2n) is 6.68. The minimum atomic E-state index is -1.73. The number of hydrogen-bond acceptors (Lipinski definition) is 12. The van der Waals surface area contributed by atoms with E-state index in [0.717, 1.165) is 0 Å². The summed E-state index contributed by atoms with van der Waals surface area (Å²) in [5.41, 5.74) is 8.21. The van der Waals surface area contributed by atoms with Crippen LogP contribution in [0.4, 0.5) is 0 Å². The standard InChI is InChI=1S/C15H27N3O11/c16-18-17-2-1-3-26-14-12(25)10(23)13(7(5-20)28-14)29-15-11(24)9(22)8(21)6(4-19)27-15/h6-15,19-25H,1-5H2/t6?,7?,8-,9?,10?,11?,12?,13+,14+,15-/m0/s1. The van der Waals surface area contributed by atoms with Crippen molar-refractivity contribution in [3.8, 4) is 0 Å². The Morgan fingerprint density at radius 2 is 1.45 bits per heavy atom. The molecule has 10 atom stereocenters. The Bertz CT molecular complexity index is 548. The minimum Gasteiger partial charge on any atom is -0.394 e. The fourth-order valence-electron chi connectivity index (χ4n) is 3.07. The highest BCUT2D eigenvalue weighted by Crippen LogP contribution is 2.29. The number of ether oxygens (including phenoxy) is 4. The highest BCUT2D eigenvalue weighted by Gasteiger charge is 2.50. The van der Waals surface area contributed by atoms with Gasteiger partial charge in [-0.3, -0.25) is 0 Å². The van der Waals surface area contributed by atoms with Gasteiger partial charge in [-0.15, -0.1) is 0 Å². The van der Waals surface area contributed by atoms with Crippen LogP contribution in [0.5, 0.6) is 0 Å². The Morgan fingerprint density at radius 3 is 2.07 bits per heavy atom. The van der Waals surface area contributed by atoms with Crippen molar-refractivity contribution in [2.24, 2.45) is 5.11 Å². The highest BCUT2D eigenvalue weighted by molar-refractivity contribution is 4.94. The van der Waals surface area contributed by atoms with E-state index in [1.165, 1.54) is 0 Å². The molecule has 2 saturated heterocycles. The summed E-state index contributed by atoms with van der Waals surface area (Å²) in [7, 11) is 0. The van der Waals surface area contributed by atoms with Crippen LogP contribution in [0.3, 0.4) is 0 Å². The molecule has 14 nitrogen and oxygen atoms in total.